The van der Waals surface area contributed by atoms with Gasteiger partial charge in [-0.3, -0.25) is 4.79 Å². The number of nitrogens with two attached hydrogens (primary N) is 1. The molecule has 3 N–H and O–H groups in total. The number of thiazole rings is 1. The number of allylic oxidation sites excluding steroid dienone is 1. The maximum Gasteiger partial charge on any atom is 0.419 e. The molecule has 3 rings (SSSR count). The van der Waals surface area contributed by atoms with Crippen molar-refractivity contribution in [2.24, 2.45) is 5.73 Å². The van der Waals surface area contributed by atoms with Crippen LogP contribution in [-0.2, 0) is 6.18 Å². The average molecular weight is 553 g/mol. The number of nitrogens with zero attached hydrogens (tertiary/aromatic N) is 6. The molecule has 14 heteroatoms. The summed E-state index contributed by atoms with van der Waals surface area (Å²) in [7, 11) is 1.65. The van der Waals surface area contributed by atoms with Crippen molar-refractivity contribution in [3.8, 4) is 0 Å². The molecule has 0 aliphatic rings. The molecule has 0 radical (unpaired) electrons. The molecule has 198 valence electrons. The number of likely N-dealkylation sites (N-methyl/N-ethyl adjacent to an activating group) is 2. The van der Waals surface area contributed by atoms with Gasteiger partial charge in [0.2, 0.25) is 5.95 Å². The quantitative estimate of drug-likeness (QED) is 0.331. The van der Waals surface area contributed by atoms with E-state index >= 15 is 0 Å². The molecule has 0 aliphatic heterocycles. The van der Waals surface area contributed by atoms with Crippen LogP contribution in [0.1, 0.15) is 41.2 Å². The number of anilines is 3. The third kappa shape index (κ3) is 7.10. The Hall–Kier alpha value is -3.39. The number of aromatic nitrogens is 4. The Balaban J connectivity index is 1.63. The molecule has 0 saturated carbocycles. The van der Waals surface area contributed by atoms with Crippen LogP contribution in [0.15, 0.2) is 35.6 Å². The molecule has 0 aromatic carbocycles. The number of aryl methyl sites for hydroxylation is 1. The van der Waals surface area contributed by atoms with Gasteiger partial charge in [0.05, 0.1) is 22.5 Å². The molecule has 3 aromatic heterocycles. The molecule has 0 saturated heterocycles. The number of hydrogen-bond acceptors (Lipinski definition) is 10. The highest BCUT2D eigenvalue weighted by atomic mass is 32.1. The van der Waals surface area contributed by atoms with E-state index in [-0.39, 0.29) is 11.9 Å². The zero-order valence-corrected chi connectivity index (χ0v) is 22.4. The van der Waals surface area contributed by atoms with E-state index < -0.39 is 11.7 Å². The van der Waals surface area contributed by atoms with Gasteiger partial charge in [0.1, 0.15) is 5.82 Å². The van der Waals surface area contributed by atoms with Crippen LogP contribution in [0.3, 0.4) is 0 Å². The fraction of sp³-hybridized carbons (Fsp3) is 0.348. The lowest BCUT2D eigenvalue weighted by molar-refractivity contribution is -0.138. The van der Waals surface area contributed by atoms with E-state index in [0.29, 0.717) is 58.1 Å². The summed E-state index contributed by atoms with van der Waals surface area (Å²) in [5.41, 5.74) is 7.04. The van der Waals surface area contributed by atoms with Crippen LogP contribution in [0.5, 0.6) is 0 Å². The predicted molar refractivity (Wildman–Crippen MR) is 142 cm³/mol. The molecule has 9 nitrogen and oxygen atoms in total. The maximum atomic E-state index is 13.0. The highest BCUT2D eigenvalue weighted by Crippen LogP contribution is 2.29. The molecular formula is C23H27F3N8OS2. The van der Waals surface area contributed by atoms with Crippen molar-refractivity contribution < 1.29 is 18.0 Å². The van der Waals surface area contributed by atoms with E-state index in [2.05, 4.69) is 37.9 Å². The number of hydrogen-bond donors (Lipinski definition) is 3. The minimum absolute atomic E-state index is 0.164. The highest BCUT2D eigenvalue weighted by molar-refractivity contribution is 7.90. The first-order valence-electron chi connectivity index (χ1n) is 11.2. The van der Waals surface area contributed by atoms with Gasteiger partial charge in [-0.05, 0) is 32.9 Å². The second-order valence-corrected chi connectivity index (χ2v) is 9.41. The number of nitrogens with one attached hydrogen (secondary N) is 1. The van der Waals surface area contributed by atoms with Crippen LogP contribution < -0.4 is 16.0 Å². The molecule has 0 unspecified atom stereocenters. The molecule has 3 heterocycles. The minimum Gasteiger partial charge on any atom is -0.401 e. The summed E-state index contributed by atoms with van der Waals surface area (Å²) in [5, 5.41) is 5.55. The van der Waals surface area contributed by atoms with E-state index in [1.165, 1.54) is 16.2 Å². The summed E-state index contributed by atoms with van der Waals surface area (Å²) in [6.45, 7) is 6.42. The van der Waals surface area contributed by atoms with Gasteiger partial charge >= 0.3 is 6.18 Å². The Labute approximate surface area is 222 Å². The van der Waals surface area contributed by atoms with E-state index in [1.807, 2.05) is 12.3 Å². The zero-order chi connectivity index (χ0) is 27.3. The molecule has 37 heavy (non-hydrogen) atoms. The Kier molecular flexibility index (Phi) is 8.97. The lowest BCUT2D eigenvalue weighted by atomic mass is 10.2. The first kappa shape index (κ1) is 28.2. The topological polar surface area (TPSA) is 113 Å². The standard InChI is InChI=1S/C23H27F3N8OS2/c1-5-34(21-28-10-15(11-29-21)23(24,25)26)9-8-33(4)20(35)16-6-7-18(30-14(16)3)32-22-31-17(12-37-22)19(36)13(2)27/h6-7,10-12,36H,5,8-9,27H2,1-4H3,(H,30,31,32)/b19-13-. The summed E-state index contributed by atoms with van der Waals surface area (Å²) in [6, 6.07) is 3.37. The Bertz CT molecular complexity index is 1270. The van der Waals surface area contributed by atoms with Crippen LogP contribution in [0.25, 0.3) is 4.91 Å². The number of halogens is 3. The lowest BCUT2D eigenvalue weighted by Crippen LogP contribution is -2.37. The SMILES string of the molecule is CCN(CCN(C)C(=O)c1ccc(Nc2nc(/C(S)=C(\C)N)cs2)nc1C)c1ncc(C(F)(F)F)cn1. The summed E-state index contributed by atoms with van der Waals surface area (Å²) >= 11 is 5.73. The number of pyridine rings is 1. The van der Waals surface area contributed by atoms with Gasteiger partial charge in [0.25, 0.3) is 5.91 Å². The number of rotatable bonds is 9. The average Bonchev–Trinajstić information content (AvgIpc) is 3.31. The Morgan fingerprint density at radius 1 is 1.19 bits per heavy atom. The summed E-state index contributed by atoms with van der Waals surface area (Å²) in [6.07, 6.45) is -2.99. The predicted octanol–water partition coefficient (Wildman–Crippen LogP) is 4.57. The maximum absolute atomic E-state index is 13.0. The van der Waals surface area contributed by atoms with Crippen LogP contribution >= 0.6 is 24.0 Å². The van der Waals surface area contributed by atoms with Crippen molar-refractivity contribution in [1.29, 1.82) is 0 Å². The number of thiol groups is 1. The Morgan fingerprint density at radius 2 is 1.86 bits per heavy atom. The van der Waals surface area contributed by atoms with Gasteiger partial charge in [-0.25, -0.2) is 19.9 Å². The van der Waals surface area contributed by atoms with Gasteiger partial charge in [-0.1, -0.05) is 0 Å². The lowest BCUT2D eigenvalue weighted by Gasteiger charge is -2.25. The minimum atomic E-state index is -4.50. The van der Waals surface area contributed by atoms with Crippen LogP contribution in [0.2, 0.25) is 0 Å². The van der Waals surface area contributed by atoms with Gasteiger partial charge in [-0.2, -0.15) is 13.2 Å². The molecule has 3 aromatic rings. The number of carbonyl (C=O) groups excluding carboxylic acids is 1. The smallest absolute Gasteiger partial charge is 0.401 e. The van der Waals surface area contributed by atoms with Crippen molar-refractivity contribution in [3.05, 3.63) is 58.1 Å². The van der Waals surface area contributed by atoms with Gasteiger partial charge < -0.3 is 20.9 Å². The molecule has 1 amide bonds. The molecule has 0 atom stereocenters. The van der Waals surface area contributed by atoms with Crippen LogP contribution in [0.4, 0.5) is 30.1 Å². The van der Waals surface area contributed by atoms with Gasteiger partial charge in [0.15, 0.2) is 5.13 Å². The summed E-state index contributed by atoms with van der Waals surface area (Å²) in [4.78, 5) is 33.4. The molecule has 0 aliphatic carbocycles. The Morgan fingerprint density at radius 3 is 2.43 bits per heavy atom. The first-order valence-corrected chi connectivity index (χ1v) is 12.5. The molecular weight excluding hydrogens is 525 g/mol. The van der Waals surface area contributed by atoms with Gasteiger partial charge in [-0.15, -0.1) is 24.0 Å². The number of alkyl halides is 3. The molecule has 0 fully saturated rings. The second-order valence-electron chi connectivity index (χ2n) is 8.10. The van der Waals surface area contributed by atoms with E-state index in [1.54, 1.807) is 37.9 Å². The summed E-state index contributed by atoms with van der Waals surface area (Å²) < 4.78 is 38.3. The fourth-order valence-corrected chi connectivity index (χ4v) is 4.13. The summed E-state index contributed by atoms with van der Waals surface area (Å²) in [5.74, 6) is 0.459. The third-order valence-electron chi connectivity index (χ3n) is 5.35. The van der Waals surface area contributed by atoms with Crippen LogP contribution in [0, 0.1) is 6.92 Å². The van der Waals surface area contributed by atoms with Crippen molar-refractivity contribution in [3.63, 3.8) is 0 Å². The van der Waals surface area contributed by atoms with Crippen molar-refractivity contribution in [2.45, 2.75) is 26.9 Å². The van der Waals surface area contributed by atoms with Crippen molar-refractivity contribution in [1.82, 2.24) is 24.8 Å². The largest absolute Gasteiger partial charge is 0.419 e. The number of carbonyl (C=O) groups is 1. The second kappa shape index (κ2) is 11.8. The van der Waals surface area contributed by atoms with Crippen molar-refractivity contribution >= 4 is 51.7 Å². The van der Waals surface area contributed by atoms with E-state index in [9.17, 15) is 18.0 Å². The van der Waals surface area contributed by atoms with E-state index in [0.717, 1.165) is 12.4 Å². The zero-order valence-electron chi connectivity index (χ0n) is 20.7. The molecule has 0 bridgehead atoms. The third-order valence-corrected chi connectivity index (χ3v) is 6.69. The van der Waals surface area contributed by atoms with Crippen molar-refractivity contribution in [2.75, 3.05) is 36.9 Å². The first-order chi connectivity index (χ1) is 17.4. The molecule has 0 spiro atoms. The normalized spacial score (nSPS) is 12.2. The highest BCUT2D eigenvalue weighted by Gasteiger charge is 2.31. The van der Waals surface area contributed by atoms with Crippen LogP contribution in [-0.4, -0.2) is 57.4 Å². The monoisotopic (exact) mass is 552 g/mol. The number of amides is 1. The van der Waals surface area contributed by atoms with Gasteiger partial charge in [0, 0.05) is 55.1 Å². The fourth-order valence-electron chi connectivity index (χ4n) is 3.22. The van der Waals surface area contributed by atoms with E-state index in [4.69, 9.17) is 5.73 Å².